The molecule has 0 fully saturated rings. The molecule has 1 heterocycles. The Morgan fingerprint density at radius 3 is 2.76 bits per heavy atom. The van der Waals surface area contributed by atoms with E-state index in [-0.39, 0.29) is 5.91 Å². The fraction of sp³-hybridized carbons (Fsp3) is 0.611. The molecule has 21 heavy (non-hydrogen) atoms. The number of nitrogens with zero attached hydrogens (tertiary/aromatic N) is 1. The third kappa shape index (κ3) is 4.31. The van der Waals surface area contributed by atoms with E-state index in [1.54, 1.807) is 0 Å². The van der Waals surface area contributed by atoms with Crippen molar-refractivity contribution in [3.63, 3.8) is 0 Å². The van der Waals surface area contributed by atoms with Crippen LogP contribution in [0.25, 0.3) is 0 Å². The number of carbonyl (C=O) groups is 1. The van der Waals surface area contributed by atoms with Crippen molar-refractivity contribution >= 4 is 11.6 Å². The lowest BCUT2D eigenvalue weighted by molar-refractivity contribution is -0.119. The molecule has 3 nitrogen and oxygen atoms in total. The van der Waals surface area contributed by atoms with Gasteiger partial charge in [0.15, 0.2) is 0 Å². The van der Waals surface area contributed by atoms with Crippen molar-refractivity contribution in [2.45, 2.75) is 46.0 Å². The van der Waals surface area contributed by atoms with E-state index >= 15 is 0 Å². The quantitative estimate of drug-likeness (QED) is 0.903. The number of hydrogen-bond donors (Lipinski definition) is 1. The molecule has 2 rings (SSSR count). The summed E-state index contributed by atoms with van der Waals surface area (Å²) in [5.74, 6) is 1.12. The Hall–Kier alpha value is -1.35. The molecule has 116 valence electrons. The van der Waals surface area contributed by atoms with Gasteiger partial charge in [0.05, 0.1) is 0 Å². The highest BCUT2D eigenvalue weighted by Crippen LogP contribution is 2.27. The second-order valence-electron chi connectivity index (χ2n) is 6.57. The third-order valence-corrected chi connectivity index (χ3v) is 4.26. The number of hydrogen-bond acceptors (Lipinski definition) is 2. The summed E-state index contributed by atoms with van der Waals surface area (Å²) in [4.78, 5) is 14.7. The van der Waals surface area contributed by atoms with Gasteiger partial charge in [0.1, 0.15) is 0 Å². The van der Waals surface area contributed by atoms with Crippen LogP contribution in [0.5, 0.6) is 0 Å². The number of carbonyl (C=O) groups excluding carboxylic acids is 1. The molecule has 1 unspecified atom stereocenters. The van der Waals surface area contributed by atoms with Gasteiger partial charge in [0, 0.05) is 18.7 Å². The van der Waals surface area contributed by atoms with Crippen molar-refractivity contribution in [2.24, 2.45) is 17.6 Å². The topological polar surface area (TPSA) is 46.3 Å². The smallest absolute Gasteiger partial charge is 0.227 e. The maximum Gasteiger partial charge on any atom is 0.227 e. The monoisotopic (exact) mass is 288 g/mol. The molecule has 1 aromatic carbocycles. The van der Waals surface area contributed by atoms with Crippen LogP contribution in [-0.2, 0) is 11.2 Å². The molecule has 0 saturated carbocycles. The molecular formula is C18H28N2O. The van der Waals surface area contributed by atoms with Crippen molar-refractivity contribution in [3.8, 4) is 0 Å². The van der Waals surface area contributed by atoms with E-state index in [2.05, 4.69) is 32.0 Å². The molecule has 0 radical (unpaired) electrons. The largest absolute Gasteiger partial charge is 0.330 e. The number of amides is 1. The zero-order valence-electron chi connectivity index (χ0n) is 13.3. The Morgan fingerprint density at radius 1 is 1.29 bits per heavy atom. The minimum Gasteiger partial charge on any atom is -0.330 e. The Kier molecular flexibility index (Phi) is 5.80. The molecule has 0 saturated heterocycles. The Morgan fingerprint density at radius 2 is 2.05 bits per heavy atom. The van der Waals surface area contributed by atoms with Crippen LogP contribution in [0.4, 0.5) is 5.69 Å². The Labute approximate surface area is 128 Å². The number of anilines is 1. The van der Waals surface area contributed by atoms with Gasteiger partial charge in [-0.1, -0.05) is 32.0 Å². The average molecular weight is 288 g/mol. The SMILES string of the molecule is CC(C)CC(CN)CC(=O)N1CCCCc2ccccc21. The van der Waals surface area contributed by atoms with Gasteiger partial charge in [0.2, 0.25) is 5.91 Å². The number of nitrogens with two attached hydrogens (primary N) is 1. The minimum atomic E-state index is 0.237. The summed E-state index contributed by atoms with van der Waals surface area (Å²) in [5.41, 5.74) is 8.27. The van der Waals surface area contributed by atoms with Crippen molar-refractivity contribution < 1.29 is 4.79 Å². The van der Waals surface area contributed by atoms with E-state index in [0.29, 0.717) is 24.8 Å². The Balaban J connectivity index is 2.11. The molecule has 1 aromatic rings. The molecule has 3 heteroatoms. The first-order chi connectivity index (χ1) is 10.1. The molecule has 0 aliphatic carbocycles. The van der Waals surface area contributed by atoms with Gasteiger partial charge in [-0.2, -0.15) is 0 Å². The first kappa shape index (κ1) is 16.0. The summed E-state index contributed by atoms with van der Waals surface area (Å²) in [7, 11) is 0. The van der Waals surface area contributed by atoms with Crippen LogP contribution in [0.2, 0.25) is 0 Å². The van der Waals surface area contributed by atoms with Gasteiger partial charge in [-0.25, -0.2) is 0 Å². The molecule has 1 atom stereocenters. The molecular weight excluding hydrogens is 260 g/mol. The number of fused-ring (bicyclic) bond motifs is 1. The van der Waals surface area contributed by atoms with Crippen molar-refractivity contribution in [1.82, 2.24) is 0 Å². The van der Waals surface area contributed by atoms with E-state index in [9.17, 15) is 4.79 Å². The number of aryl methyl sites for hydroxylation is 1. The van der Waals surface area contributed by atoms with Crippen LogP contribution >= 0.6 is 0 Å². The molecule has 1 aliphatic rings. The van der Waals surface area contributed by atoms with E-state index in [1.807, 2.05) is 11.0 Å². The van der Waals surface area contributed by atoms with Gasteiger partial charge in [0.25, 0.3) is 0 Å². The van der Waals surface area contributed by atoms with Gasteiger partial charge >= 0.3 is 0 Å². The van der Waals surface area contributed by atoms with Crippen molar-refractivity contribution in [3.05, 3.63) is 29.8 Å². The number of para-hydroxylation sites is 1. The van der Waals surface area contributed by atoms with Crippen LogP contribution in [-0.4, -0.2) is 19.0 Å². The summed E-state index contributed by atoms with van der Waals surface area (Å²) < 4.78 is 0. The van der Waals surface area contributed by atoms with Crippen LogP contribution in [0.15, 0.2) is 24.3 Å². The highest BCUT2D eigenvalue weighted by molar-refractivity contribution is 5.94. The van der Waals surface area contributed by atoms with Crippen LogP contribution in [0.3, 0.4) is 0 Å². The summed E-state index contributed by atoms with van der Waals surface area (Å²) in [5, 5.41) is 0. The summed E-state index contributed by atoms with van der Waals surface area (Å²) in [6.45, 7) is 5.82. The zero-order chi connectivity index (χ0) is 15.2. The zero-order valence-corrected chi connectivity index (χ0v) is 13.3. The van der Waals surface area contributed by atoms with E-state index in [0.717, 1.165) is 37.9 Å². The van der Waals surface area contributed by atoms with E-state index in [4.69, 9.17) is 5.73 Å². The van der Waals surface area contributed by atoms with E-state index in [1.165, 1.54) is 5.56 Å². The van der Waals surface area contributed by atoms with E-state index < -0.39 is 0 Å². The van der Waals surface area contributed by atoms with Gasteiger partial charge in [-0.05, 0) is 55.7 Å². The maximum atomic E-state index is 12.7. The summed E-state index contributed by atoms with van der Waals surface area (Å²) in [6.07, 6.45) is 4.91. The van der Waals surface area contributed by atoms with Crippen LogP contribution in [0.1, 0.15) is 45.1 Å². The number of benzene rings is 1. The second kappa shape index (κ2) is 7.60. The minimum absolute atomic E-state index is 0.237. The molecule has 0 bridgehead atoms. The first-order valence-corrected chi connectivity index (χ1v) is 8.20. The highest BCUT2D eigenvalue weighted by atomic mass is 16.2. The lowest BCUT2D eigenvalue weighted by atomic mass is 9.93. The number of rotatable bonds is 5. The fourth-order valence-corrected chi connectivity index (χ4v) is 3.24. The normalized spacial score (nSPS) is 16.5. The van der Waals surface area contributed by atoms with Gasteiger partial charge < -0.3 is 10.6 Å². The second-order valence-corrected chi connectivity index (χ2v) is 6.57. The van der Waals surface area contributed by atoms with Crippen molar-refractivity contribution in [2.75, 3.05) is 18.0 Å². The third-order valence-electron chi connectivity index (χ3n) is 4.26. The summed E-state index contributed by atoms with van der Waals surface area (Å²) in [6, 6.07) is 8.32. The van der Waals surface area contributed by atoms with Gasteiger partial charge in [-0.3, -0.25) is 4.79 Å². The molecule has 2 N–H and O–H groups in total. The molecule has 1 aliphatic heterocycles. The predicted octanol–water partition coefficient (Wildman–Crippen LogP) is 3.37. The predicted molar refractivity (Wildman–Crippen MR) is 88.3 cm³/mol. The standard InChI is InChI=1S/C18H28N2O/c1-14(2)11-15(13-19)12-18(21)20-10-6-5-8-16-7-3-4-9-17(16)20/h3-4,7,9,14-15H,5-6,8,10-13,19H2,1-2H3. The maximum absolute atomic E-state index is 12.7. The lowest BCUT2D eigenvalue weighted by Gasteiger charge is -2.25. The first-order valence-electron chi connectivity index (χ1n) is 8.20. The summed E-state index contributed by atoms with van der Waals surface area (Å²) >= 11 is 0. The molecule has 1 amide bonds. The van der Waals surface area contributed by atoms with Crippen LogP contribution in [0, 0.1) is 11.8 Å². The van der Waals surface area contributed by atoms with Gasteiger partial charge in [-0.15, -0.1) is 0 Å². The average Bonchev–Trinajstić information content (AvgIpc) is 2.68. The highest BCUT2D eigenvalue weighted by Gasteiger charge is 2.23. The van der Waals surface area contributed by atoms with Crippen LogP contribution < -0.4 is 10.6 Å². The molecule has 0 spiro atoms. The fourth-order valence-electron chi connectivity index (χ4n) is 3.24. The van der Waals surface area contributed by atoms with Crippen molar-refractivity contribution in [1.29, 1.82) is 0 Å². The lowest BCUT2D eigenvalue weighted by Crippen LogP contribution is -2.34. The Bertz CT molecular complexity index is 470. The molecule has 0 aromatic heterocycles.